The van der Waals surface area contributed by atoms with Crippen LogP contribution in [0.5, 0.6) is 0 Å². The molecule has 0 aromatic carbocycles. The van der Waals surface area contributed by atoms with E-state index in [0.29, 0.717) is 0 Å². The van der Waals surface area contributed by atoms with Crippen LogP contribution in [0.1, 0.15) is 6.92 Å². The molecule has 0 atom stereocenters. The predicted molar refractivity (Wildman–Crippen MR) is 44.0 cm³/mol. The average Bonchev–Trinajstić information content (AvgIpc) is 1.97. The molecule has 0 amide bonds. The molecule has 0 aliphatic heterocycles. The summed E-state index contributed by atoms with van der Waals surface area (Å²) in [6, 6.07) is 0. The maximum absolute atomic E-state index is 10.7. The monoisotopic (exact) mass is 215 g/mol. The third-order valence-electron chi connectivity index (χ3n) is 1.19. The number of carbonyl (C=O) groups is 1. The third kappa shape index (κ3) is 3.89. The summed E-state index contributed by atoms with van der Waals surface area (Å²) in [6.07, 6.45) is 0. The SMILES string of the molecule is CCN(CC(=O)OC)S(=O)(=O)Cl. The summed E-state index contributed by atoms with van der Waals surface area (Å²) in [5, 5.41) is 0. The second kappa shape index (κ2) is 4.64. The van der Waals surface area contributed by atoms with Gasteiger partial charge in [-0.05, 0) is 0 Å². The van der Waals surface area contributed by atoms with Gasteiger partial charge in [-0.15, -0.1) is 0 Å². The van der Waals surface area contributed by atoms with Gasteiger partial charge < -0.3 is 4.74 Å². The van der Waals surface area contributed by atoms with Crippen molar-refractivity contribution in [1.82, 2.24) is 4.31 Å². The standard InChI is InChI=1S/C5H10ClNO4S/c1-3-7(12(6,9)10)4-5(8)11-2/h3-4H2,1-2H3. The van der Waals surface area contributed by atoms with Gasteiger partial charge in [0.2, 0.25) is 0 Å². The van der Waals surface area contributed by atoms with Crippen LogP contribution >= 0.6 is 10.7 Å². The van der Waals surface area contributed by atoms with Crippen molar-refractivity contribution in [3.05, 3.63) is 0 Å². The van der Waals surface area contributed by atoms with Gasteiger partial charge in [-0.25, -0.2) is 0 Å². The van der Waals surface area contributed by atoms with Crippen molar-refractivity contribution in [2.24, 2.45) is 0 Å². The van der Waals surface area contributed by atoms with E-state index in [1.807, 2.05) is 0 Å². The van der Waals surface area contributed by atoms with Gasteiger partial charge in [-0.1, -0.05) is 6.92 Å². The second-order valence-electron chi connectivity index (χ2n) is 1.94. The van der Waals surface area contributed by atoms with Crippen molar-refractivity contribution in [2.75, 3.05) is 20.2 Å². The second-order valence-corrected chi connectivity index (χ2v) is 4.45. The highest BCUT2D eigenvalue weighted by atomic mass is 35.7. The summed E-state index contributed by atoms with van der Waals surface area (Å²) in [5.41, 5.74) is 0. The Morgan fingerprint density at radius 3 is 2.33 bits per heavy atom. The molecule has 0 bridgehead atoms. The Labute approximate surface area is 75.8 Å². The first-order valence-corrected chi connectivity index (χ1v) is 5.45. The maximum Gasteiger partial charge on any atom is 0.321 e. The molecule has 0 aromatic rings. The number of halogens is 1. The fraction of sp³-hybridized carbons (Fsp3) is 0.800. The highest BCUT2D eigenvalue weighted by Gasteiger charge is 2.20. The zero-order valence-corrected chi connectivity index (χ0v) is 8.35. The molecule has 0 heterocycles. The number of likely N-dealkylation sites (N-methyl/N-ethyl adjacent to an activating group) is 1. The molecule has 0 radical (unpaired) electrons. The Bertz CT molecular complexity index is 250. The summed E-state index contributed by atoms with van der Waals surface area (Å²) in [6.45, 7) is 1.36. The van der Waals surface area contributed by atoms with Crippen LogP contribution in [0.25, 0.3) is 0 Å². The zero-order valence-electron chi connectivity index (χ0n) is 6.78. The molecule has 0 fully saturated rings. The van der Waals surface area contributed by atoms with Gasteiger partial charge in [-0.3, -0.25) is 4.79 Å². The average molecular weight is 216 g/mol. The first kappa shape index (κ1) is 11.7. The summed E-state index contributed by atoms with van der Waals surface area (Å²) < 4.78 is 26.5. The Kier molecular flexibility index (Phi) is 4.51. The first-order chi connectivity index (χ1) is 5.41. The van der Waals surface area contributed by atoms with Crippen LogP contribution in [-0.2, 0) is 18.8 Å². The topological polar surface area (TPSA) is 63.7 Å². The lowest BCUT2D eigenvalue weighted by molar-refractivity contribution is -0.140. The molecule has 0 spiro atoms. The number of nitrogens with zero attached hydrogens (tertiary/aromatic N) is 1. The Morgan fingerprint density at radius 2 is 2.08 bits per heavy atom. The number of methoxy groups -OCH3 is 1. The molecule has 0 aliphatic carbocycles. The minimum atomic E-state index is -3.82. The molecule has 72 valence electrons. The van der Waals surface area contributed by atoms with Crippen LogP contribution in [0, 0.1) is 0 Å². The first-order valence-electron chi connectivity index (χ1n) is 3.18. The molecule has 0 unspecified atom stereocenters. The van der Waals surface area contributed by atoms with Crippen LogP contribution in [0.2, 0.25) is 0 Å². The van der Waals surface area contributed by atoms with E-state index in [2.05, 4.69) is 4.74 Å². The van der Waals surface area contributed by atoms with Gasteiger partial charge >= 0.3 is 5.97 Å². The van der Waals surface area contributed by atoms with Gasteiger partial charge in [0.05, 0.1) is 7.11 Å². The van der Waals surface area contributed by atoms with E-state index in [1.165, 1.54) is 7.11 Å². The molecule has 0 saturated carbocycles. The van der Waals surface area contributed by atoms with Gasteiger partial charge in [0.25, 0.3) is 9.24 Å². The molecule has 0 saturated heterocycles. The summed E-state index contributed by atoms with van der Waals surface area (Å²) in [4.78, 5) is 10.6. The quantitative estimate of drug-likeness (QED) is 0.488. The number of hydrogen-bond acceptors (Lipinski definition) is 4. The van der Waals surface area contributed by atoms with Crippen molar-refractivity contribution >= 4 is 25.9 Å². The number of ether oxygens (including phenoxy) is 1. The molecule has 12 heavy (non-hydrogen) atoms. The van der Waals surface area contributed by atoms with Crippen LogP contribution in [0.3, 0.4) is 0 Å². The Morgan fingerprint density at radius 1 is 1.58 bits per heavy atom. The summed E-state index contributed by atoms with van der Waals surface area (Å²) >= 11 is 0. The number of carbonyl (C=O) groups excluding carboxylic acids is 1. The van der Waals surface area contributed by atoms with Crippen molar-refractivity contribution in [2.45, 2.75) is 6.92 Å². The predicted octanol–water partition coefficient (Wildman–Crippen LogP) is -0.0351. The van der Waals surface area contributed by atoms with Crippen molar-refractivity contribution in [1.29, 1.82) is 0 Å². The Hall–Kier alpha value is -0.330. The maximum atomic E-state index is 10.7. The fourth-order valence-electron chi connectivity index (χ4n) is 0.552. The molecular formula is C5H10ClNO4S. The molecule has 0 rings (SSSR count). The summed E-state index contributed by atoms with van der Waals surface area (Å²) in [7, 11) is 2.35. The lowest BCUT2D eigenvalue weighted by atomic mass is 10.6. The van der Waals surface area contributed by atoms with Crippen LogP contribution in [0.4, 0.5) is 0 Å². The highest BCUT2D eigenvalue weighted by molar-refractivity contribution is 8.11. The summed E-state index contributed by atoms with van der Waals surface area (Å²) in [5.74, 6) is -0.638. The highest BCUT2D eigenvalue weighted by Crippen LogP contribution is 2.04. The van der Waals surface area contributed by atoms with Gasteiger partial charge in [0.1, 0.15) is 6.54 Å². The van der Waals surface area contributed by atoms with E-state index in [-0.39, 0.29) is 13.1 Å². The lowest BCUT2D eigenvalue weighted by Gasteiger charge is -2.13. The van der Waals surface area contributed by atoms with E-state index in [4.69, 9.17) is 10.7 Å². The van der Waals surface area contributed by atoms with E-state index in [9.17, 15) is 13.2 Å². The van der Waals surface area contributed by atoms with Crippen LogP contribution in [0.15, 0.2) is 0 Å². The van der Waals surface area contributed by atoms with Gasteiger partial charge in [0.15, 0.2) is 0 Å². The van der Waals surface area contributed by atoms with Gasteiger partial charge in [-0.2, -0.15) is 12.7 Å². The van der Waals surface area contributed by atoms with E-state index >= 15 is 0 Å². The third-order valence-corrected chi connectivity index (χ3v) is 2.78. The van der Waals surface area contributed by atoms with E-state index in [0.717, 1.165) is 4.31 Å². The molecular weight excluding hydrogens is 206 g/mol. The lowest BCUT2D eigenvalue weighted by Crippen LogP contribution is -2.32. The molecule has 0 aliphatic rings. The molecule has 0 N–H and O–H groups in total. The van der Waals surface area contributed by atoms with Crippen molar-refractivity contribution in [3.8, 4) is 0 Å². The van der Waals surface area contributed by atoms with E-state index in [1.54, 1.807) is 6.92 Å². The smallest absolute Gasteiger partial charge is 0.321 e. The van der Waals surface area contributed by atoms with Crippen molar-refractivity contribution in [3.63, 3.8) is 0 Å². The molecule has 7 heteroatoms. The van der Waals surface area contributed by atoms with Crippen molar-refractivity contribution < 1.29 is 17.9 Å². The number of rotatable bonds is 4. The molecule has 0 aromatic heterocycles. The van der Waals surface area contributed by atoms with Crippen LogP contribution < -0.4 is 0 Å². The number of esters is 1. The van der Waals surface area contributed by atoms with E-state index < -0.39 is 15.2 Å². The minimum absolute atomic E-state index is 0.140. The Balaban J connectivity index is 4.30. The fourth-order valence-corrected chi connectivity index (χ4v) is 1.56. The van der Waals surface area contributed by atoms with Gasteiger partial charge in [0, 0.05) is 17.2 Å². The minimum Gasteiger partial charge on any atom is -0.468 e. The zero-order chi connectivity index (χ0) is 9.78. The normalized spacial score (nSPS) is 11.7. The number of hydrogen-bond donors (Lipinski definition) is 0. The molecule has 5 nitrogen and oxygen atoms in total. The van der Waals surface area contributed by atoms with Crippen LogP contribution in [-0.4, -0.2) is 38.9 Å². The largest absolute Gasteiger partial charge is 0.468 e.